The van der Waals surface area contributed by atoms with Gasteiger partial charge in [-0.15, -0.1) is 0 Å². The molecule has 0 saturated heterocycles. The summed E-state index contributed by atoms with van der Waals surface area (Å²) >= 11 is 0. The van der Waals surface area contributed by atoms with E-state index in [4.69, 9.17) is 4.74 Å². The van der Waals surface area contributed by atoms with Crippen LogP contribution in [0.3, 0.4) is 0 Å². The van der Waals surface area contributed by atoms with E-state index >= 15 is 0 Å². The summed E-state index contributed by atoms with van der Waals surface area (Å²) in [5, 5.41) is 9.26. The van der Waals surface area contributed by atoms with Gasteiger partial charge in [0.1, 0.15) is 6.29 Å². The predicted octanol–water partition coefficient (Wildman–Crippen LogP) is 1.50. The lowest BCUT2D eigenvalue weighted by molar-refractivity contribution is -0.107. The summed E-state index contributed by atoms with van der Waals surface area (Å²) in [5.74, 6) is 0. The minimum absolute atomic E-state index is 0.0357. The topological polar surface area (TPSA) is 46.5 Å². The van der Waals surface area contributed by atoms with Crippen molar-refractivity contribution in [3.8, 4) is 0 Å². The zero-order valence-electron chi connectivity index (χ0n) is 9.61. The van der Waals surface area contributed by atoms with Crippen LogP contribution in [-0.4, -0.2) is 25.1 Å². The SMILES string of the molecule is COCCc1ccc(CCC=O)cc1CO. The van der Waals surface area contributed by atoms with E-state index in [9.17, 15) is 9.90 Å². The number of aryl methyl sites for hydroxylation is 1. The maximum absolute atomic E-state index is 10.3. The molecule has 0 amide bonds. The van der Waals surface area contributed by atoms with Crippen molar-refractivity contribution in [1.82, 2.24) is 0 Å². The smallest absolute Gasteiger partial charge is 0.120 e. The van der Waals surface area contributed by atoms with Crippen molar-refractivity contribution >= 4 is 6.29 Å². The maximum atomic E-state index is 10.3. The minimum atomic E-state index is 0.0357. The number of aliphatic hydroxyl groups excluding tert-OH is 1. The summed E-state index contributed by atoms with van der Waals surface area (Å²) in [4.78, 5) is 10.3. The van der Waals surface area contributed by atoms with Crippen LogP contribution < -0.4 is 0 Å². The Bertz CT molecular complexity index is 334. The molecule has 0 bridgehead atoms. The van der Waals surface area contributed by atoms with E-state index in [1.165, 1.54) is 0 Å². The van der Waals surface area contributed by atoms with Crippen LogP contribution in [0.15, 0.2) is 18.2 Å². The van der Waals surface area contributed by atoms with E-state index in [1.807, 2.05) is 18.2 Å². The molecule has 0 spiro atoms. The summed E-state index contributed by atoms with van der Waals surface area (Å²) < 4.78 is 5.01. The zero-order chi connectivity index (χ0) is 11.8. The normalized spacial score (nSPS) is 10.4. The Morgan fingerprint density at radius 3 is 2.75 bits per heavy atom. The third kappa shape index (κ3) is 3.76. The Morgan fingerprint density at radius 2 is 2.12 bits per heavy atom. The summed E-state index contributed by atoms with van der Waals surface area (Å²) in [6.07, 6.45) is 2.99. The van der Waals surface area contributed by atoms with Gasteiger partial charge < -0.3 is 14.6 Å². The van der Waals surface area contributed by atoms with Gasteiger partial charge in [-0.25, -0.2) is 0 Å². The second-order valence-corrected chi connectivity index (χ2v) is 3.71. The van der Waals surface area contributed by atoms with Crippen LogP contribution in [0, 0.1) is 0 Å². The molecule has 0 atom stereocenters. The van der Waals surface area contributed by atoms with Gasteiger partial charge in [-0.3, -0.25) is 0 Å². The van der Waals surface area contributed by atoms with E-state index in [0.29, 0.717) is 13.0 Å². The van der Waals surface area contributed by atoms with Crippen LogP contribution in [0.25, 0.3) is 0 Å². The zero-order valence-corrected chi connectivity index (χ0v) is 9.61. The molecule has 0 saturated carbocycles. The lowest BCUT2D eigenvalue weighted by Crippen LogP contribution is -2.01. The fourth-order valence-corrected chi connectivity index (χ4v) is 1.66. The Hall–Kier alpha value is -1.19. The highest BCUT2D eigenvalue weighted by Crippen LogP contribution is 2.14. The Morgan fingerprint density at radius 1 is 1.31 bits per heavy atom. The van der Waals surface area contributed by atoms with Crippen LogP contribution in [0.2, 0.25) is 0 Å². The molecule has 16 heavy (non-hydrogen) atoms. The van der Waals surface area contributed by atoms with E-state index in [-0.39, 0.29) is 6.61 Å². The number of aldehydes is 1. The second kappa shape index (κ2) is 7.14. The lowest BCUT2D eigenvalue weighted by atomic mass is 10.00. The van der Waals surface area contributed by atoms with E-state index < -0.39 is 0 Å². The van der Waals surface area contributed by atoms with Gasteiger partial charge in [-0.05, 0) is 29.5 Å². The van der Waals surface area contributed by atoms with Crippen molar-refractivity contribution in [1.29, 1.82) is 0 Å². The molecule has 1 aromatic carbocycles. The molecule has 0 fully saturated rings. The molecule has 3 nitrogen and oxygen atoms in total. The maximum Gasteiger partial charge on any atom is 0.120 e. The first-order valence-electron chi connectivity index (χ1n) is 5.46. The van der Waals surface area contributed by atoms with Crippen molar-refractivity contribution in [2.45, 2.75) is 25.9 Å². The molecule has 1 N–H and O–H groups in total. The fourth-order valence-electron chi connectivity index (χ4n) is 1.66. The Balaban J connectivity index is 2.75. The monoisotopic (exact) mass is 222 g/mol. The molecule has 3 heteroatoms. The molecular formula is C13H18O3. The number of carbonyl (C=O) groups is 1. The molecule has 0 aliphatic heterocycles. The van der Waals surface area contributed by atoms with Crippen molar-refractivity contribution in [2.75, 3.05) is 13.7 Å². The quantitative estimate of drug-likeness (QED) is 0.711. The number of carbonyl (C=O) groups excluding carboxylic acids is 1. The molecule has 0 heterocycles. The minimum Gasteiger partial charge on any atom is -0.392 e. The molecule has 0 aliphatic carbocycles. The standard InChI is InChI=1S/C13H18O3/c1-16-8-6-12-5-4-11(3-2-7-14)9-13(12)10-15/h4-5,7,9,15H,2-3,6,8,10H2,1H3. The number of hydrogen-bond donors (Lipinski definition) is 1. The summed E-state index contributed by atoms with van der Waals surface area (Å²) in [7, 11) is 1.66. The molecule has 0 aliphatic rings. The van der Waals surface area contributed by atoms with E-state index in [0.717, 1.165) is 35.8 Å². The molecule has 0 radical (unpaired) electrons. The highest BCUT2D eigenvalue weighted by atomic mass is 16.5. The van der Waals surface area contributed by atoms with Gasteiger partial charge in [-0.1, -0.05) is 18.2 Å². The van der Waals surface area contributed by atoms with Gasteiger partial charge in [0.2, 0.25) is 0 Å². The highest BCUT2D eigenvalue weighted by molar-refractivity contribution is 5.50. The van der Waals surface area contributed by atoms with Gasteiger partial charge >= 0.3 is 0 Å². The molecule has 88 valence electrons. The van der Waals surface area contributed by atoms with E-state index in [2.05, 4.69) is 0 Å². The molecule has 1 rings (SSSR count). The predicted molar refractivity (Wildman–Crippen MR) is 62.3 cm³/mol. The summed E-state index contributed by atoms with van der Waals surface area (Å²) in [5.41, 5.74) is 3.14. The van der Waals surface area contributed by atoms with Crippen LogP contribution in [0.1, 0.15) is 23.1 Å². The summed E-state index contributed by atoms with van der Waals surface area (Å²) in [6, 6.07) is 5.98. The average molecular weight is 222 g/mol. The Labute approximate surface area is 96.1 Å². The van der Waals surface area contributed by atoms with E-state index in [1.54, 1.807) is 7.11 Å². The third-order valence-electron chi connectivity index (χ3n) is 2.57. The Kier molecular flexibility index (Phi) is 5.75. The van der Waals surface area contributed by atoms with Crippen molar-refractivity contribution in [3.05, 3.63) is 34.9 Å². The average Bonchev–Trinajstić information content (AvgIpc) is 2.34. The van der Waals surface area contributed by atoms with Crippen LogP contribution in [-0.2, 0) is 29.0 Å². The number of aliphatic hydroxyl groups is 1. The number of rotatable bonds is 7. The van der Waals surface area contributed by atoms with Crippen LogP contribution in [0.4, 0.5) is 0 Å². The number of benzene rings is 1. The summed E-state index contributed by atoms with van der Waals surface area (Å²) in [6.45, 7) is 0.689. The van der Waals surface area contributed by atoms with Gasteiger partial charge in [0.15, 0.2) is 0 Å². The third-order valence-corrected chi connectivity index (χ3v) is 2.57. The van der Waals surface area contributed by atoms with Crippen molar-refractivity contribution < 1.29 is 14.6 Å². The molecule has 1 aromatic rings. The highest BCUT2D eigenvalue weighted by Gasteiger charge is 2.03. The molecule has 0 aromatic heterocycles. The van der Waals surface area contributed by atoms with Crippen LogP contribution in [0.5, 0.6) is 0 Å². The van der Waals surface area contributed by atoms with Gasteiger partial charge in [0.05, 0.1) is 13.2 Å². The molecular weight excluding hydrogens is 204 g/mol. The largest absolute Gasteiger partial charge is 0.392 e. The number of methoxy groups -OCH3 is 1. The van der Waals surface area contributed by atoms with Gasteiger partial charge in [0.25, 0.3) is 0 Å². The number of hydrogen-bond acceptors (Lipinski definition) is 3. The van der Waals surface area contributed by atoms with Crippen molar-refractivity contribution in [3.63, 3.8) is 0 Å². The fraction of sp³-hybridized carbons (Fsp3) is 0.462. The first-order valence-corrected chi connectivity index (χ1v) is 5.46. The van der Waals surface area contributed by atoms with Crippen molar-refractivity contribution in [2.24, 2.45) is 0 Å². The number of ether oxygens (including phenoxy) is 1. The lowest BCUT2D eigenvalue weighted by Gasteiger charge is -2.09. The second-order valence-electron chi connectivity index (χ2n) is 3.71. The van der Waals surface area contributed by atoms with Gasteiger partial charge in [0, 0.05) is 13.5 Å². The first-order chi connectivity index (χ1) is 7.81. The van der Waals surface area contributed by atoms with Gasteiger partial charge in [-0.2, -0.15) is 0 Å². The molecule has 0 unspecified atom stereocenters. The first kappa shape index (κ1) is 12.9. The van der Waals surface area contributed by atoms with Crippen LogP contribution >= 0.6 is 0 Å².